The molecule has 0 rings (SSSR count). The fourth-order valence-corrected chi connectivity index (χ4v) is 1.17. The van der Waals surface area contributed by atoms with Crippen molar-refractivity contribution in [1.29, 1.82) is 0 Å². The molecular formula is C13H29Cl3N2O4S. The van der Waals surface area contributed by atoms with Crippen LogP contribution in [0.25, 0.3) is 0 Å². The molecule has 2 unspecified atom stereocenters. The molecule has 5 N–H and O–H groups in total. The summed E-state index contributed by atoms with van der Waals surface area (Å²) >= 11 is 0. The van der Waals surface area contributed by atoms with Crippen molar-refractivity contribution in [2.24, 2.45) is 11.5 Å². The maximum absolute atomic E-state index is 10.5. The van der Waals surface area contributed by atoms with Crippen LogP contribution in [-0.2, 0) is 18.8 Å². The van der Waals surface area contributed by atoms with E-state index in [1.807, 2.05) is 6.92 Å². The standard InChI is InChI=1S/C7H15NO.C6H13NO2.Cl2OS.ClH/c1-3-4-5-7(8)6(2)9;1-2-3-4-5(7)6(8)9;1-4(2)3;/h7H,3-5,8H2,1-2H3;5H,2-4,7H2,1H3,(H,8,9);;1H. The van der Waals surface area contributed by atoms with E-state index in [0.717, 1.165) is 32.1 Å². The minimum atomic E-state index is -1.67. The molecule has 0 spiro atoms. The Morgan fingerprint density at radius 3 is 1.57 bits per heavy atom. The predicted octanol–water partition coefficient (Wildman–Crippen LogP) is 3.15. The molecule has 0 fully saturated rings. The molecule has 0 saturated heterocycles. The van der Waals surface area contributed by atoms with Crippen molar-refractivity contribution < 1.29 is 18.9 Å². The first kappa shape index (κ1) is 30.9. The number of carbonyl (C=O) groups excluding carboxylic acids is 1. The van der Waals surface area contributed by atoms with E-state index >= 15 is 0 Å². The molecule has 0 aliphatic rings. The summed E-state index contributed by atoms with van der Waals surface area (Å²) in [5.41, 5.74) is 10.7. The lowest BCUT2D eigenvalue weighted by Crippen LogP contribution is -2.29. The van der Waals surface area contributed by atoms with Crippen molar-refractivity contribution in [3.8, 4) is 0 Å². The van der Waals surface area contributed by atoms with Gasteiger partial charge in [0.15, 0.2) is 0 Å². The van der Waals surface area contributed by atoms with Crippen LogP contribution < -0.4 is 11.5 Å². The van der Waals surface area contributed by atoms with Gasteiger partial charge in [-0.15, -0.1) is 12.4 Å². The van der Waals surface area contributed by atoms with Crippen LogP contribution in [0.3, 0.4) is 0 Å². The van der Waals surface area contributed by atoms with Crippen LogP contribution in [0.1, 0.15) is 59.3 Å². The summed E-state index contributed by atoms with van der Waals surface area (Å²) in [6.07, 6.45) is 5.49. The largest absolute Gasteiger partial charge is 0.480 e. The molecule has 0 heterocycles. The third-order valence-electron chi connectivity index (χ3n) is 2.58. The fraction of sp³-hybridized carbons (Fsp3) is 0.846. The molecule has 10 heteroatoms. The maximum atomic E-state index is 10.5. The number of aliphatic carboxylic acids is 1. The number of unbranched alkanes of at least 4 members (excludes halogenated alkanes) is 2. The Morgan fingerprint density at radius 2 is 1.35 bits per heavy atom. The number of hydrogen-bond acceptors (Lipinski definition) is 5. The number of carbonyl (C=O) groups is 2. The van der Waals surface area contributed by atoms with Crippen molar-refractivity contribution >= 4 is 54.8 Å². The second-order valence-corrected chi connectivity index (χ2v) is 7.15. The van der Waals surface area contributed by atoms with Gasteiger partial charge < -0.3 is 16.6 Å². The first-order valence-corrected chi connectivity index (χ1v) is 9.88. The van der Waals surface area contributed by atoms with Crippen molar-refractivity contribution in [3.63, 3.8) is 0 Å². The van der Waals surface area contributed by atoms with Gasteiger partial charge in [0, 0.05) is 21.4 Å². The SMILES string of the molecule is CCCCC(N)C(=O)O.CCCCC(N)C(C)=O.Cl.O=S(Cl)Cl. The molecule has 6 nitrogen and oxygen atoms in total. The molecule has 0 radical (unpaired) electrons. The highest BCUT2D eigenvalue weighted by atomic mass is 36.0. The Morgan fingerprint density at radius 1 is 1.04 bits per heavy atom. The molecule has 2 atom stereocenters. The van der Waals surface area contributed by atoms with Crippen LogP contribution in [0.4, 0.5) is 0 Å². The van der Waals surface area contributed by atoms with Crippen molar-refractivity contribution in [3.05, 3.63) is 0 Å². The Kier molecular flexibility index (Phi) is 29.7. The van der Waals surface area contributed by atoms with Gasteiger partial charge in [-0.3, -0.25) is 9.59 Å². The topological polar surface area (TPSA) is 123 Å². The summed E-state index contributed by atoms with van der Waals surface area (Å²) in [6, 6.07) is -0.880. The van der Waals surface area contributed by atoms with E-state index < -0.39 is 21.2 Å². The Bertz CT molecular complexity index is 296. The summed E-state index contributed by atoms with van der Waals surface area (Å²) in [6.45, 7) is 5.64. The fourth-order valence-electron chi connectivity index (χ4n) is 1.17. The minimum absolute atomic E-state index is 0. The van der Waals surface area contributed by atoms with Gasteiger partial charge in [0.05, 0.1) is 6.04 Å². The minimum Gasteiger partial charge on any atom is -0.480 e. The Balaban J connectivity index is -0.000000124. The number of rotatable bonds is 8. The Labute approximate surface area is 156 Å². The highest BCUT2D eigenvalue weighted by molar-refractivity contribution is 8.26. The van der Waals surface area contributed by atoms with Gasteiger partial charge in [0.1, 0.15) is 11.8 Å². The van der Waals surface area contributed by atoms with E-state index in [2.05, 4.69) is 28.3 Å². The highest BCUT2D eigenvalue weighted by Crippen LogP contribution is 1.98. The van der Waals surface area contributed by atoms with Crippen LogP contribution in [0, 0.1) is 0 Å². The lowest BCUT2D eigenvalue weighted by atomic mass is 10.1. The number of ketones is 1. The summed E-state index contributed by atoms with van der Waals surface area (Å²) in [5, 5.41) is 8.28. The van der Waals surface area contributed by atoms with Crippen molar-refractivity contribution in [2.45, 2.75) is 71.4 Å². The average molecular weight is 416 g/mol. The zero-order valence-corrected chi connectivity index (χ0v) is 16.9. The van der Waals surface area contributed by atoms with E-state index in [1.165, 1.54) is 0 Å². The predicted molar refractivity (Wildman–Crippen MR) is 100 cm³/mol. The van der Waals surface area contributed by atoms with E-state index in [-0.39, 0.29) is 24.2 Å². The van der Waals surface area contributed by atoms with Crippen molar-refractivity contribution in [2.75, 3.05) is 0 Å². The summed E-state index contributed by atoms with van der Waals surface area (Å²) < 4.78 is 9.09. The van der Waals surface area contributed by atoms with Gasteiger partial charge in [-0.2, -0.15) is 0 Å². The monoisotopic (exact) mass is 414 g/mol. The molecule has 0 aliphatic heterocycles. The van der Waals surface area contributed by atoms with Crippen LogP contribution in [0.2, 0.25) is 0 Å². The molecule has 0 aliphatic carbocycles. The third kappa shape index (κ3) is 34.4. The zero-order chi connectivity index (χ0) is 18.1. The molecular weight excluding hydrogens is 387 g/mol. The molecule has 0 aromatic rings. The quantitative estimate of drug-likeness (QED) is 0.523. The summed E-state index contributed by atoms with van der Waals surface area (Å²) in [5.74, 6) is -0.799. The van der Waals surface area contributed by atoms with Gasteiger partial charge in [-0.05, 0) is 19.8 Å². The average Bonchev–Trinajstić information content (AvgIpc) is 2.41. The molecule has 0 aromatic heterocycles. The molecule has 0 saturated carbocycles. The summed E-state index contributed by atoms with van der Waals surface area (Å²) in [4.78, 5) is 20.6. The van der Waals surface area contributed by atoms with Gasteiger partial charge in [-0.25, -0.2) is 4.21 Å². The number of Topliss-reactive ketones (excluding diaryl/α,β-unsaturated/α-hetero) is 1. The normalized spacial score (nSPS) is 11.8. The van der Waals surface area contributed by atoms with Crippen molar-refractivity contribution in [1.82, 2.24) is 0 Å². The first-order valence-electron chi connectivity index (χ1n) is 7.08. The molecule has 142 valence electrons. The van der Waals surface area contributed by atoms with Gasteiger partial charge >= 0.3 is 5.97 Å². The van der Waals surface area contributed by atoms with E-state index in [4.69, 9.17) is 20.8 Å². The second-order valence-electron chi connectivity index (χ2n) is 4.63. The Hall–Kier alpha value is 0.0800. The van der Waals surface area contributed by atoms with E-state index in [9.17, 15) is 9.59 Å². The smallest absolute Gasteiger partial charge is 0.320 e. The summed E-state index contributed by atoms with van der Waals surface area (Å²) in [7, 11) is 7.36. The number of nitrogens with two attached hydrogens (primary N) is 2. The van der Waals surface area contributed by atoms with E-state index in [0.29, 0.717) is 6.42 Å². The van der Waals surface area contributed by atoms with Gasteiger partial charge in [-0.1, -0.05) is 39.5 Å². The van der Waals surface area contributed by atoms with Crippen LogP contribution in [0.15, 0.2) is 0 Å². The third-order valence-corrected chi connectivity index (χ3v) is 2.58. The number of hydrogen-bond donors (Lipinski definition) is 3. The lowest BCUT2D eigenvalue weighted by Gasteiger charge is -2.04. The van der Waals surface area contributed by atoms with Gasteiger partial charge in [0.2, 0.25) is 9.23 Å². The van der Waals surface area contributed by atoms with Crippen LogP contribution in [-0.4, -0.2) is 33.2 Å². The maximum Gasteiger partial charge on any atom is 0.320 e. The molecule has 23 heavy (non-hydrogen) atoms. The number of carboxylic acids is 1. The number of carboxylic acid groups (broad SMARTS) is 1. The van der Waals surface area contributed by atoms with Gasteiger partial charge in [0.25, 0.3) is 0 Å². The zero-order valence-electron chi connectivity index (χ0n) is 13.8. The first-order chi connectivity index (χ1) is 10.1. The van der Waals surface area contributed by atoms with Crippen LogP contribution in [0.5, 0.6) is 0 Å². The lowest BCUT2D eigenvalue weighted by molar-refractivity contribution is -0.138. The van der Waals surface area contributed by atoms with Crippen LogP contribution >= 0.6 is 33.8 Å². The molecule has 0 bridgehead atoms. The second kappa shape index (κ2) is 22.1. The molecule has 0 aromatic carbocycles. The number of halogens is 3. The molecule has 0 amide bonds. The van der Waals surface area contributed by atoms with E-state index in [1.54, 1.807) is 6.92 Å². The highest BCUT2D eigenvalue weighted by Gasteiger charge is 2.08.